The van der Waals surface area contributed by atoms with Crippen LogP contribution in [0.4, 0.5) is 0 Å². The standard InChI is InChI=1S/C5H6INO2/c1-4-2-5(3-8-6)7-9-4/h2H,3H2,1H3. The lowest BCUT2D eigenvalue weighted by molar-refractivity contribution is 0.357. The molecule has 0 spiro atoms. The Bertz CT molecular complexity index is 187. The zero-order valence-corrected chi connectivity index (χ0v) is 7.08. The quantitative estimate of drug-likeness (QED) is 0.738. The summed E-state index contributed by atoms with van der Waals surface area (Å²) in [7, 11) is 0. The van der Waals surface area contributed by atoms with Crippen molar-refractivity contribution in [1.29, 1.82) is 0 Å². The van der Waals surface area contributed by atoms with Crippen LogP contribution < -0.4 is 0 Å². The number of rotatable bonds is 2. The van der Waals surface area contributed by atoms with Gasteiger partial charge in [0.15, 0.2) is 0 Å². The third-order valence-corrected chi connectivity index (χ3v) is 1.19. The Labute approximate surface area is 67.1 Å². The third-order valence-electron chi connectivity index (χ3n) is 0.879. The van der Waals surface area contributed by atoms with E-state index in [0.29, 0.717) is 6.61 Å². The van der Waals surface area contributed by atoms with Crippen LogP contribution >= 0.6 is 23.0 Å². The Morgan fingerprint density at radius 1 is 1.89 bits per heavy atom. The first kappa shape index (κ1) is 7.01. The molecule has 1 aromatic heterocycles. The van der Waals surface area contributed by atoms with Crippen LogP contribution in [0.2, 0.25) is 0 Å². The van der Waals surface area contributed by atoms with Crippen LogP contribution in [0, 0.1) is 6.92 Å². The maximum atomic E-state index is 4.79. The summed E-state index contributed by atoms with van der Waals surface area (Å²) in [5.74, 6) is 0.818. The molecule has 4 heteroatoms. The first-order valence-corrected chi connectivity index (χ1v) is 3.36. The number of hydrogen-bond donors (Lipinski definition) is 0. The lowest BCUT2D eigenvalue weighted by Crippen LogP contribution is -1.80. The summed E-state index contributed by atoms with van der Waals surface area (Å²) in [5, 5.41) is 3.70. The Kier molecular flexibility index (Phi) is 2.47. The predicted molar refractivity (Wildman–Crippen MR) is 40.0 cm³/mol. The van der Waals surface area contributed by atoms with E-state index in [1.54, 1.807) is 0 Å². The highest BCUT2D eigenvalue weighted by atomic mass is 127. The van der Waals surface area contributed by atoms with Crippen molar-refractivity contribution in [3.63, 3.8) is 0 Å². The highest BCUT2D eigenvalue weighted by molar-refractivity contribution is 14.1. The highest BCUT2D eigenvalue weighted by Gasteiger charge is 1.97. The molecule has 0 N–H and O–H groups in total. The molecule has 9 heavy (non-hydrogen) atoms. The second-order valence-electron chi connectivity index (χ2n) is 1.68. The van der Waals surface area contributed by atoms with E-state index in [2.05, 4.69) is 5.16 Å². The second-order valence-corrected chi connectivity index (χ2v) is 2.31. The predicted octanol–water partition coefficient (Wildman–Crippen LogP) is 1.85. The fourth-order valence-electron chi connectivity index (χ4n) is 0.542. The van der Waals surface area contributed by atoms with Gasteiger partial charge in [0.05, 0.1) is 0 Å². The van der Waals surface area contributed by atoms with E-state index in [4.69, 9.17) is 7.59 Å². The smallest absolute Gasteiger partial charge is 0.134 e. The summed E-state index contributed by atoms with van der Waals surface area (Å²) >= 11 is 1.82. The van der Waals surface area contributed by atoms with E-state index >= 15 is 0 Å². The van der Waals surface area contributed by atoms with Crippen LogP contribution in [0.5, 0.6) is 0 Å². The number of halogens is 1. The molecule has 3 nitrogen and oxygen atoms in total. The largest absolute Gasteiger partial charge is 0.361 e. The van der Waals surface area contributed by atoms with Crippen LogP contribution in [0.3, 0.4) is 0 Å². The molecule has 0 aliphatic heterocycles. The average Bonchev–Trinajstić information content (AvgIpc) is 2.17. The van der Waals surface area contributed by atoms with Crippen molar-refractivity contribution in [1.82, 2.24) is 5.16 Å². The Morgan fingerprint density at radius 3 is 3.11 bits per heavy atom. The molecule has 0 bridgehead atoms. The Morgan fingerprint density at radius 2 is 2.67 bits per heavy atom. The fraction of sp³-hybridized carbons (Fsp3) is 0.400. The summed E-state index contributed by atoms with van der Waals surface area (Å²) in [6, 6.07) is 1.85. The van der Waals surface area contributed by atoms with E-state index < -0.39 is 0 Å². The fourth-order valence-corrected chi connectivity index (χ4v) is 0.861. The van der Waals surface area contributed by atoms with E-state index in [1.807, 2.05) is 36.0 Å². The number of nitrogens with zero attached hydrogens (tertiary/aromatic N) is 1. The van der Waals surface area contributed by atoms with Gasteiger partial charge in [0.2, 0.25) is 0 Å². The molecular weight excluding hydrogens is 233 g/mol. The van der Waals surface area contributed by atoms with Crippen molar-refractivity contribution < 1.29 is 7.59 Å². The highest BCUT2D eigenvalue weighted by Crippen LogP contribution is 2.04. The first-order chi connectivity index (χ1) is 4.33. The van der Waals surface area contributed by atoms with Crippen LogP contribution in [0.15, 0.2) is 10.6 Å². The molecule has 0 amide bonds. The first-order valence-electron chi connectivity index (χ1n) is 2.48. The molecule has 0 unspecified atom stereocenters. The number of aromatic nitrogens is 1. The third kappa shape index (κ3) is 1.94. The maximum absolute atomic E-state index is 4.79. The van der Waals surface area contributed by atoms with Gasteiger partial charge in [-0.1, -0.05) is 5.16 Å². The molecule has 0 atom stereocenters. The molecule has 0 saturated carbocycles. The van der Waals surface area contributed by atoms with Gasteiger partial charge in [-0.15, -0.1) is 0 Å². The molecule has 1 heterocycles. The monoisotopic (exact) mass is 239 g/mol. The average molecular weight is 239 g/mol. The normalized spacial score (nSPS) is 10.0. The van der Waals surface area contributed by atoms with E-state index in [1.165, 1.54) is 0 Å². The molecule has 1 rings (SSSR count). The molecule has 1 aromatic rings. The Hall–Kier alpha value is -0.100. The molecule has 0 radical (unpaired) electrons. The molecule has 50 valence electrons. The molecule has 0 aromatic carbocycles. The Balaban J connectivity index is 2.61. The number of aryl methyl sites for hydroxylation is 1. The van der Waals surface area contributed by atoms with Gasteiger partial charge in [-0.25, -0.2) is 0 Å². The van der Waals surface area contributed by atoms with Crippen LogP contribution in [-0.2, 0) is 9.67 Å². The summed E-state index contributed by atoms with van der Waals surface area (Å²) < 4.78 is 9.57. The lowest BCUT2D eigenvalue weighted by atomic mass is 10.4. The summed E-state index contributed by atoms with van der Waals surface area (Å²) in [4.78, 5) is 0. The van der Waals surface area contributed by atoms with E-state index in [-0.39, 0.29) is 0 Å². The zero-order chi connectivity index (χ0) is 6.69. The second kappa shape index (κ2) is 3.17. The lowest BCUT2D eigenvalue weighted by Gasteiger charge is -1.83. The minimum atomic E-state index is 0.512. The van der Waals surface area contributed by atoms with Crippen molar-refractivity contribution >= 4 is 23.0 Å². The molecule has 0 aliphatic rings. The molecule has 0 aliphatic carbocycles. The van der Waals surface area contributed by atoms with Gasteiger partial charge >= 0.3 is 0 Å². The number of hydrogen-bond acceptors (Lipinski definition) is 3. The van der Waals surface area contributed by atoms with Gasteiger partial charge in [-0.3, -0.25) is 0 Å². The summed E-state index contributed by atoms with van der Waals surface area (Å²) in [6.45, 7) is 2.36. The van der Waals surface area contributed by atoms with Gasteiger partial charge < -0.3 is 7.59 Å². The molecule has 0 fully saturated rings. The van der Waals surface area contributed by atoms with Crippen molar-refractivity contribution in [2.75, 3.05) is 0 Å². The van der Waals surface area contributed by atoms with Crippen LogP contribution in [-0.4, -0.2) is 5.16 Å². The van der Waals surface area contributed by atoms with Gasteiger partial charge in [-0.05, 0) is 6.92 Å². The van der Waals surface area contributed by atoms with E-state index in [0.717, 1.165) is 11.5 Å². The van der Waals surface area contributed by atoms with Gasteiger partial charge in [0.25, 0.3) is 0 Å². The molecular formula is C5H6INO2. The topological polar surface area (TPSA) is 35.3 Å². The SMILES string of the molecule is Cc1cc(COI)no1. The van der Waals surface area contributed by atoms with Crippen LogP contribution in [0.25, 0.3) is 0 Å². The summed E-state index contributed by atoms with van der Waals surface area (Å²) in [6.07, 6.45) is 0. The van der Waals surface area contributed by atoms with Gasteiger partial charge in [0, 0.05) is 6.07 Å². The van der Waals surface area contributed by atoms with Crippen molar-refractivity contribution in [3.05, 3.63) is 17.5 Å². The minimum absolute atomic E-state index is 0.512. The maximum Gasteiger partial charge on any atom is 0.134 e. The van der Waals surface area contributed by atoms with Gasteiger partial charge in [0.1, 0.15) is 41.1 Å². The van der Waals surface area contributed by atoms with Gasteiger partial charge in [-0.2, -0.15) is 0 Å². The minimum Gasteiger partial charge on any atom is -0.361 e. The van der Waals surface area contributed by atoms with Crippen molar-refractivity contribution in [3.8, 4) is 0 Å². The molecule has 0 saturated heterocycles. The van der Waals surface area contributed by atoms with Crippen molar-refractivity contribution in [2.45, 2.75) is 13.5 Å². The van der Waals surface area contributed by atoms with E-state index in [9.17, 15) is 0 Å². The van der Waals surface area contributed by atoms with Crippen molar-refractivity contribution in [2.24, 2.45) is 0 Å². The zero-order valence-electron chi connectivity index (χ0n) is 4.93. The summed E-state index contributed by atoms with van der Waals surface area (Å²) in [5.41, 5.74) is 0.835. The van der Waals surface area contributed by atoms with Crippen LogP contribution in [0.1, 0.15) is 11.5 Å².